The van der Waals surface area contributed by atoms with E-state index in [9.17, 15) is 0 Å². The third-order valence-corrected chi connectivity index (χ3v) is 1.66. The third kappa shape index (κ3) is 3.99. The first kappa shape index (κ1) is 10.4. The summed E-state index contributed by atoms with van der Waals surface area (Å²) in [7, 11) is 4.08. The second-order valence-electron chi connectivity index (χ2n) is 3.52. The Kier molecular flexibility index (Phi) is 4.12. The highest BCUT2D eigenvalue weighted by molar-refractivity contribution is 5.27. The molecule has 0 saturated carbocycles. The van der Waals surface area contributed by atoms with Crippen LogP contribution in [0.5, 0.6) is 0 Å². The predicted molar refractivity (Wildman–Crippen MR) is 51.7 cm³/mol. The number of hydrogen-bond donors (Lipinski definition) is 0. The van der Waals surface area contributed by atoms with Crippen LogP contribution >= 0.6 is 0 Å². The van der Waals surface area contributed by atoms with Gasteiger partial charge in [-0.25, -0.2) is 0 Å². The van der Waals surface area contributed by atoms with Crippen molar-refractivity contribution in [3.05, 3.63) is 24.3 Å². The minimum absolute atomic E-state index is 0.516. The lowest BCUT2D eigenvalue weighted by atomic mass is 9.98. The zero-order chi connectivity index (χ0) is 9.02. The van der Waals surface area contributed by atoms with E-state index in [1.807, 2.05) is 14.1 Å². The van der Waals surface area contributed by atoms with E-state index in [0.29, 0.717) is 5.92 Å². The minimum atomic E-state index is 0.516. The van der Waals surface area contributed by atoms with Crippen LogP contribution in [0.25, 0.3) is 0 Å². The van der Waals surface area contributed by atoms with Gasteiger partial charge >= 0.3 is 0 Å². The Morgan fingerprint density at radius 1 is 1.27 bits per heavy atom. The molecule has 0 aromatic carbocycles. The van der Waals surface area contributed by atoms with Gasteiger partial charge in [-0.2, -0.15) is 0 Å². The van der Waals surface area contributed by atoms with Crippen molar-refractivity contribution in [2.75, 3.05) is 20.6 Å². The van der Waals surface area contributed by atoms with Gasteiger partial charge in [0.15, 0.2) is 0 Å². The highest BCUT2D eigenvalue weighted by Gasteiger charge is 2.04. The molecule has 0 radical (unpaired) electrons. The molecular formula is C10H19N. The average molecular weight is 153 g/mol. The van der Waals surface area contributed by atoms with Crippen LogP contribution in [-0.2, 0) is 0 Å². The Morgan fingerprint density at radius 3 is 2.00 bits per heavy atom. The first-order valence-electron chi connectivity index (χ1n) is 3.96. The summed E-state index contributed by atoms with van der Waals surface area (Å²) in [5.74, 6) is 0.516. The fraction of sp³-hybridized carbons (Fsp3) is 0.600. The van der Waals surface area contributed by atoms with Gasteiger partial charge in [-0.1, -0.05) is 27.0 Å². The fourth-order valence-corrected chi connectivity index (χ4v) is 0.892. The fourth-order valence-electron chi connectivity index (χ4n) is 0.892. The molecule has 64 valence electrons. The molecule has 0 aromatic rings. The van der Waals surface area contributed by atoms with Crippen molar-refractivity contribution in [2.24, 2.45) is 5.92 Å². The molecule has 0 atom stereocenters. The maximum absolute atomic E-state index is 3.98. The molecular weight excluding hydrogens is 134 g/mol. The van der Waals surface area contributed by atoms with Crippen molar-refractivity contribution in [2.45, 2.75) is 13.8 Å². The summed E-state index contributed by atoms with van der Waals surface area (Å²) >= 11 is 0. The molecule has 11 heavy (non-hydrogen) atoms. The van der Waals surface area contributed by atoms with E-state index in [1.54, 1.807) is 0 Å². The Hall–Kier alpha value is -0.560. The maximum Gasteiger partial charge on any atom is 0.0224 e. The van der Waals surface area contributed by atoms with Gasteiger partial charge in [0.25, 0.3) is 0 Å². The van der Waals surface area contributed by atoms with Crippen LogP contribution < -0.4 is 0 Å². The number of likely N-dealkylation sites (N-methyl/N-ethyl adjacent to an activating group) is 1. The van der Waals surface area contributed by atoms with Crippen LogP contribution in [0.15, 0.2) is 24.3 Å². The molecule has 0 bridgehead atoms. The zero-order valence-corrected chi connectivity index (χ0v) is 8.15. The van der Waals surface area contributed by atoms with E-state index in [0.717, 1.165) is 12.1 Å². The quantitative estimate of drug-likeness (QED) is 0.560. The van der Waals surface area contributed by atoms with Gasteiger partial charge in [-0.15, -0.1) is 0 Å². The lowest BCUT2D eigenvalue weighted by Gasteiger charge is -2.16. The Bertz CT molecular complexity index is 154. The minimum Gasteiger partial charge on any atom is -0.305 e. The summed E-state index contributed by atoms with van der Waals surface area (Å²) in [6.07, 6.45) is 0. The molecule has 0 aliphatic rings. The van der Waals surface area contributed by atoms with Crippen LogP contribution in [0.2, 0.25) is 0 Å². The van der Waals surface area contributed by atoms with Crippen LogP contribution in [-0.4, -0.2) is 25.5 Å². The Labute approximate surface area is 70.4 Å². The van der Waals surface area contributed by atoms with E-state index in [-0.39, 0.29) is 0 Å². The van der Waals surface area contributed by atoms with E-state index < -0.39 is 0 Å². The second-order valence-corrected chi connectivity index (χ2v) is 3.52. The van der Waals surface area contributed by atoms with Gasteiger partial charge in [-0.3, -0.25) is 0 Å². The third-order valence-electron chi connectivity index (χ3n) is 1.66. The standard InChI is InChI=1S/C10H19N/c1-8(2)10(4)9(3)7-11(5)6/h8H,3-4,7H2,1-2,5-6H3. The maximum atomic E-state index is 3.98. The van der Waals surface area contributed by atoms with Crippen LogP contribution in [0.3, 0.4) is 0 Å². The van der Waals surface area contributed by atoms with Crippen molar-refractivity contribution in [1.82, 2.24) is 4.90 Å². The molecule has 0 N–H and O–H groups in total. The highest BCUT2D eigenvalue weighted by Crippen LogP contribution is 2.15. The summed E-state index contributed by atoms with van der Waals surface area (Å²) in [5, 5.41) is 0. The SMILES string of the molecule is C=C(CN(C)C)C(=C)C(C)C. The first-order chi connectivity index (χ1) is 4.95. The smallest absolute Gasteiger partial charge is 0.0224 e. The van der Waals surface area contributed by atoms with Crippen LogP contribution in [0, 0.1) is 5.92 Å². The van der Waals surface area contributed by atoms with E-state index in [4.69, 9.17) is 0 Å². The number of rotatable bonds is 4. The molecule has 0 aromatic heterocycles. The molecule has 0 heterocycles. The molecule has 0 spiro atoms. The van der Waals surface area contributed by atoms with Crippen molar-refractivity contribution >= 4 is 0 Å². The molecule has 0 amide bonds. The van der Waals surface area contributed by atoms with Gasteiger partial charge in [0.2, 0.25) is 0 Å². The van der Waals surface area contributed by atoms with Gasteiger partial charge in [0.05, 0.1) is 0 Å². The van der Waals surface area contributed by atoms with E-state index in [1.165, 1.54) is 5.57 Å². The normalized spacial score (nSPS) is 10.7. The molecule has 1 nitrogen and oxygen atoms in total. The largest absolute Gasteiger partial charge is 0.305 e. The molecule has 0 aliphatic heterocycles. The van der Waals surface area contributed by atoms with Crippen molar-refractivity contribution in [3.8, 4) is 0 Å². The molecule has 0 unspecified atom stereocenters. The van der Waals surface area contributed by atoms with Crippen molar-refractivity contribution < 1.29 is 0 Å². The van der Waals surface area contributed by atoms with E-state index >= 15 is 0 Å². The Morgan fingerprint density at radius 2 is 1.73 bits per heavy atom. The lowest BCUT2D eigenvalue weighted by molar-refractivity contribution is 0.445. The van der Waals surface area contributed by atoms with Gasteiger partial charge in [0, 0.05) is 6.54 Å². The highest BCUT2D eigenvalue weighted by atomic mass is 15.0. The molecule has 0 aliphatic carbocycles. The monoisotopic (exact) mass is 153 g/mol. The Balaban J connectivity index is 3.94. The zero-order valence-electron chi connectivity index (χ0n) is 8.15. The summed E-state index contributed by atoms with van der Waals surface area (Å²) in [4.78, 5) is 2.11. The topological polar surface area (TPSA) is 3.24 Å². The summed E-state index contributed by atoms with van der Waals surface area (Å²) in [6.45, 7) is 13.2. The van der Waals surface area contributed by atoms with E-state index in [2.05, 4.69) is 31.9 Å². The molecule has 0 rings (SSSR count). The first-order valence-corrected chi connectivity index (χ1v) is 3.96. The second kappa shape index (κ2) is 4.35. The molecule has 1 heteroatoms. The average Bonchev–Trinajstić information content (AvgIpc) is 1.84. The molecule has 0 saturated heterocycles. The van der Waals surface area contributed by atoms with Crippen LogP contribution in [0.4, 0.5) is 0 Å². The number of nitrogens with zero attached hydrogens (tertiary/aromatic N) is 1. The summed E-state index contributed by atoms with van der Waals surface area (Å²) < 4.78 is 0. The van der Waals surface area contributed by atoms with Crippen molar-refractivity contribution in [1.29, 1.82) is 0 Å². The number of hydrogen-bond acceptors (Lipinski definition) is 1. The van der Waals surface area contributed by atoms with Gasteiger partial charge in [0.1, 0.15) is 0 Å². The van der Waals surface area contributed by atoms with Crippen LogP contribution in [0.1, 0.15) is 13.8 Å². The predicted octanol–water partition coefficient (Wildman–Crippen LogP) is 2.32. The van der Waals surface area contributed by atoms with Gasteiger partial charge < -0.3 is 4.90 Å². The van der Waals surface area contributed by atoms with Gasteiger partial charge in [-0.05, 0) is 31.2 Å². The lowest BCUT2D eigenvalue weighted by Crippen LogP contribution is -2.16. The summed E-state index contributed by atoms with van der Waals surface area (Å²) in [5.41, 5.74) is 2.31. The molecule has 0 fully saturated rings. The van der Waals surface area contributed by atoms with Crippen molar-refractivity contribution in [3.63, 3.8) is 0 Å². The summed E-state index contributed by atoms with van der Waals surface area (Å²) in [6, 6.07) is 0.